The van der Waals surface area contributed by atoms with E-state index in [0.29, 0.717) is 31.3 Å². The second-order valence-electron chi connectivity index (χ2n) is 6.94. The van der Waals surface area contributed by atoms with E-state index in [9.17, 15) is 9.59 Å². The molecule has 0 aliphatic carbocycles. The molecule has 0 radical (unpaired) electrons. The summed E-state index contributed by atoms with van der Waals surface area (Å²) in [5.74, 6) is 0.918. The molecule has 5 nitrogen and oxygen atoms in total. The summed E-state index contributed by atoms with van der Waals surface area (Å²) in [6.07, 6.45) is 2.77. The maximum Gasteiger partial charge on any atom is 0.242 e. The van der Waals surface area contributed by atoms with Gasteiger partial charge in [0.2, 0.25) is 11.8 Å². The lowest BCUT2D eigenvalue weighted by atomic mass is 9.84. The SMILES string of the molecule is CCN(Cc1ccccc1)C(=O)CNC(=O)CC(C)C1CCNCC1. The highest BCUT2D eigenvalue weighted by molar-refractivity contribution is 5.84. The van der Waals surface area contributed by atoms with Gasteiger partial charge in [0.05, 0.1) is 6.54 Å². The molecular weight excluding hydrogens is 314 g/mol. The monoisotopic (exact) mass is 345 g/mol. The van der Waals surface area contributed by atoms with Gasteiger partial charge in [-0.25, -0.2) is 0 Å². The molecule has 2 amide bonds. The number of rotatable bonds is 8. The predicted molar refractivity (Wildman–Crippen MR) is 99.9 cm³/mol. The van der Waals surface area contributed by atoms with Gasteiger partial charge in [0.15, 0.2) is 0 Å². The predicted octanol–water partition coefficient (Wildman–Crippen LogP) is 2.18. The van der Waals surface area contributed by atoms with Gasteiger partial charge in [-0.2, -0.15) is 0 Å². The van der Waals surface area contributed by atoms with Crippen molar-refractivity contribution in [2.75, 3.05) is 26.2 Å². The summed E-state index contributed by atoms with van der Waals surface area (Å²) in [5, 5.41) is 6.16. The van der Waals surface area contributed by atoms with Gasteiger partial charge in [0.1, 0.15) is 0 Å². The first-order valence-corrected chi connectivity index (χ1v) is 9.39. The standard InChI is InChI=1S/C20H31N3O2/c1-3-23(15-17-7-5-4-6-8-17)20(25)14-22-19(24)13-16(2)18-9-11-21-12-10-18/h4-8,16,18,21H,3,9-15H2,1-2H3,(H,22,24). The van der Waals surface area contributed by atoms with Crippen LogP contribution in [0.25, 0.3) is 0 Å². The van der Waals surface area contributed by atoms with Crippen molar-refractivity contribution in [2.45, 2.75) is 39.7 Å². The fourth-order valence-electron chi connectivity index (χ4n) is 3.41. The van der Waals surface area contributed by atoms with Crippen LogP contribution in [0.2, 0.25) is 0 Å². The van der Waals surface area contributed by atoms with E-state index in [1.165, 1.54) is 0 Å². The van der Waals surface area contributed by atoms with E-state index < -0.39 is 0 Å². The van der Waals surface area contributed by atoms with Crippen molar-refractivity contribution in [2.24, 2.45) is 11.8 Å². The normalized spacial score (nSPS) is 16.2. The van der Waals surface area contributed by atoms with Crippen LogP contribution in [0.3, 0.4) is 0 Å². The summed E-state index contributed by atoms with van der Waals surface area (Å²) in [6.45, 7) is 7.48. The van der Waals surface area contributed by atoms with E-state index in [0.717, 1.165) is 31.5 Å². The number of piperidine rings is 1. The summed E-state index contributed by atoms with van der Waals surface area (Å²) < 4.78 is 0. The first-order chi connectivity index (χ1) is 12.1. The number of hydrogen-bond donors (Lipinski definition) is 2. The van der Waals surface area contributed by atoms with Gasteiger partial charge in [-0.05, 0) is 50.3 Å². The number of benzene rings is 1. The van der Waals surface area contributed by atoms with Crippen LogP contribution in [0.1, 0.15) is 38.7 Å². The summed E-state index contributed by atoms with van der Waals surface area (Å²) in [5.41, 5.74) is 1.10. The molecule has 25 heavy (non-hydrogen) atoms. The van der Waals surface area contributed by atoms with Crippen LogP contribution in [0, 0.1) is 11.8 Å². The highest BCUT2D eigenvalue weighted by Crippen LogP contribution is 2.24. The maximum atomic E-state index is 12.4. The van der Waals surface area contributed by atoms with Crippen LogP contribution < -0.4 is 10.6 Å². The second-order valence-corrected chi connectivity index (χ2v) is 6.94. The molecule has 1 fully saturated rings. The lowest BCUT2D eigenvalue weighted by molar-refractivity contribution is -0.133. The first kappa shape index (κ1) is 19.4. The Morgan fingerprint density at radius 2 is 1.92 bits per heavy atom. The van der Waals surface area contributed by atoms with Crippen molar-refractivity contribution in [3.05, 3.63) is 35.9 Å². The van der Waals surface area contributed by atoms with E-state index in [1.54, 1.807) is 4.90 Å². The number of hydrogen-bond acceptors (Lipinski definition) is 3. The van der Waals surface area contributed by atoms with Gasteiger partial charge in [0, 0.05) is 19.5 Å². The largest absolute Gasteiger partial charge is 0.347 e. The summed E-state index contributed by atoms with van der Waals surface area (Å²) in [6, 6.07) is 9.92. The number of likely N-dealkylation sites (N-methyl/N-ethyl adjacent to an activating group) is 1. The van der Waals surface area contributed by atoms with Crippen molar-refractivity contribution in [3.63, 3.8) is 0 Å². The fraction of sp³-hybridized carbons (Fsp3) is 0.600. The summed E-state index contributed by atoms with van der Waals surface area (Å²) in [7, 11) is 0. The molecule has 2 N–H and O–H groups in total. The molecule has 1 atom stereocenters. The number of carbonyl (C=O) groups excluding carboxylic acids is 2. The highest BCUT2D eigenvalue weighted by atomic mass is 16.2. The van der Waals surface area contributed by atoms with E-state index in [1.807, 2.05) is 37.3 Å². The number of carbonyl (C=O) groups is 2. The average molecular weight is 345 g/mol. The zero-order valence-electron chi connectivity index (χ0n) is 15.5. The molecule has 1 aliphatic heterocycles. The molecule has 0 bridgehead atoms. The summed E-state index contributed by atoms with van der Waals surface area (Å²) >= 11 is 0. The van der Waals surface area contributed by atoms with Crippen molar-refractivity contribution in [1.29, 1.82) is 0 Å². The minimum Gasteiger partial charge on any atom is -0.347 e. The lowest BCUT2D eigenvalue weighted by Crippen LogP contribution is -2.40. The molecule has 138 valence electrons. The Balaban J connectivity index is 1.74. The average Bonchev–Trinajstić information content (AvgIpc) is 2.65. The lowest BCUT2D eigenvalue weighted by Gasteiger charge is -2.28. The quantitative estimate of drug-likeness (QED) is 0.759. The number of nitrogens with one attached hydrogen (secondary N) is 2. The van der Waals surface area contributed by atoms with Gasteiger partial charge >= 0.3 is 0 Å². The van der Waals surface area contributed by atoms with Gasteiger partial charge in [-0.15, -0.1) is 0 Å². The Kier molecular flexibility index (Phi) is 7.92. The Labute approximate surface area is 151 Å². The van der Waals surface area contributed by atoms with Crippen molar-refractivity contribution in [3.8, 4) is 0 Å². The Bertz CT molecular complexity index is 541. The van der Waals surface area contributed by atoms with Crippen molar-refractivity contribution >= 4 is 11.8 Å². The molecule has 1 heterocycles. The first-order valence-electron chi connectivity index (χ1n) is 9.39. The Hall–Kier alpha value is -1.88. The van der Waals surface area contributed by atoms with Crippen LogP contribution in [0.4, 0.5) is 0 Å². The van der Waals surface area contributed by atoms with Crippen LogP contribution in [0.5, 0.6) is 0 Å². The van der Waals surface area contributed by atoms with Crippen LogP contribution in [-0.4, -0.2) is 42.9 Å². The number of amides is 2. The summed E-state index contributed by atoms with van der Waals surface area (Å²) in [4.78, 5) is 26.3. The van der Waals surface area contributed by atoms with Crippen LogP contribution in [0.15, 0.2) is 30.3 Å². The Morgan fingerprint density at radius 1 is 1.24 bits per heavy atom. The molecule has 1 aliphatic rings. The molecule has 0 spiro atoms. The zero-order chi connectivity index (χ0) is 18.1. The molecule has 0 aromatic heterocycles. The van der Waals surface area contributed by atoms with E-state index in [2.05, 4.69) is 17.6 Å². The van der Waals surface area contributed by atoms with E-state index >= 15 is 0 Å². The molecule has 1 aromatic rings. The molecule has 1 aromatic carbocycles. The van der Waals surface area contributed by atoms with E-state index in [-0.39, 0.29) is 18.4 Å². The van der Waals surface area contributed by atoms with Crippen LogP contribution >= 0.6 is 0 Å². The van der Waals surface area contributed by atoms with Crippen LogP contribution in [-0.2, 0) is 16.1 Å². The molecule has 1 unspecified atom stereocenters. The second kappa shape index (κ2) is 10.2. The zero-order valence-corrected chi connectivity index (χ0v) is 15.5. The topological polar surface area (TPSA) is 61.4 Å². The third kappa shape index (κ3) is 6.50. The van der Waals surface area contributed by atoms with Gasteiger partial charge in [-0.3, -0.25) is 9.59 Å². The van der Waals surface area contributed by atoms with Crippen molar-refractivity contribution < 1.29 is 9.59 Å². The molecule has 1 saturated heterocycles. The number of nitrogens with zero attached hydrogens (tertiary/aromatic N) is 1. The van der Waals surface area contributed by atoms with Gasteiger partial charge in [0.25, 0.3) is 0 Å². The van der Waals surface area contributed by atoms with Crippen molar-refractivity contribution in [1.82, 2.24) is 15.5 Å². The smallest absolute Gasteiger partial charge is 0.242 e. The molecule has 0 saturated carbocycles. The van der Waals surface area contributed by atoms with Gasteiger partial charge < -0.3 is 15.5 Å². The third-order valence-corrected chi connectivity index (χ3v) is 5.08. The minimum absolute atomic E-state index is 0.0184. The molecule has 5 heteroatoms. The molecule has 2 rings (SSSR count). The Morgan fingerprint density at radius 3 is 2.56 bits per heavy atom. The fourth-order valence-corrected chi connectivity index (χ4v) is 3.41. The maximum absolute atomic E-state index is 12.4. The highest BCUT2D eigenvalue weighted by Gasteiger charge is 2.22. The molecular formula is C20H31N3O2. The minimum atomic E-state index is -0.0331. The van der Waals surface area contributed by atoms with E-state index in [4.69, 9.17) is 0 Å². The third-order valence-electron chi connectivity index (χ3n) is 5.08. The van der Waals surface area contributed by atoms with Gasteiger partial charge in [-0.1, -0.05) is 37.3 Å².